The van der Waals surface area contributed by atoms with Crippen LogP contribution in [0.5, 0.6) is 0 Å². The molecule has 0 aromatic carbocycles. The predicted molar refractivity (Wildman–Crippen MR) is 61.5 cm³/mol. The number of hydrogen-bond donors (Lipinski definition) is 0. The highest BCUT2D eigenvalue weighted by Gasteiger charge is 2.54. The Morgan fingerprint density at radius 3 is 2.38 bits per heavy atom. The predicted octanol–water partition coefficient (Wildman–Crippen LogP) is 3.52. The summed E-state index contributed by atoms with van der Waals surface area (Å²) in [6.45, 7) is 3.80. The van der Waals surface area contributed by atoms with Gasteiger partial charge in [-0.15, -0.1) is 0 Å². The zero-order valence-electron chi connectivity index (χ0n) is 9.95. The van der Waals surface area contributed by atoms with E-state index in [9.17, 15) is 4.79 Å². The Morgan fingerprint density at radius 2 is 1.88 bits per heavy atom. The molecule has 0 bridgehead atoms. The fourth-order valence-corrected chi connectivity index (χ4v) is 3.44. The van der Waals surface area contributed by atoms with Crippen LogP contribution in [0.15, 0.2) is 10.5 Å². The van der Waals surface area contributed by atoms with Gasteiger partial charge in [-0.25, -0.2) is 0 Å². The number of ketones is 1. The van der Waals surface area contributed by atoms with Crippen molar-refractivity contribution in [3.8, 4) is 0 Å². The first kappa shape index (κ1) is 10.1. The maximum absolute atomic E-state index is 12.3. The summed E-state index contributed by atoms with van der Waals surface area (Å²) in [5.74, 6) is 3.69. The van der Waals surface area contributed by atoms with Crippen LogP contribution in [0, 0.1) is 31.6 Å². The molecule has 2 nitrogen and oxygen atoms in total. The molecule has 2 fully saturated rings. The van der Waals surface area contributed by atoms with Gasteiger partial charge in [-0.1, -0.05) is 12.8 Å². The largest absolute Gasteiger partial charge is 0.466 e. The van der Waals surface area contributed by atoms with Gasteiger partial charge in [0.25, 0.3) is 0 Å². The molecule has 0 aliphatic heterocycles. The third kappa shape index (κ3) is 1.43. The Balaban J connectivity index is 1.81. The van der Waals surface area contributed by atoms with Crippen LogP contribution in [0.1, 0.15) is 47.6 Å². The minimum absolute atomic E-state index is 0.318. The van der Waals surface area contributed by atoms with E-state index < -0.39 is 0 Å². The van der Waals surface area contributed by atoms with Crippen molar-refractivity contribution >= 4 is 5.78 Å². The monoisotopic (exact) mass is 218 g/mol. The van der Waals surface area contributed by atoms with E-state index in [0.29, 0.717) is 23.5 Å². The van der Waals surface area contributed by atoms with E-state index in [2.05, 4.69) is 0 Å². The van der Waals surface area contributed by atoms with Gasteiger partial charge in [0, 0.05) is 5.92 Å². The topological polar surface area (TPSA) is 30.2 Å². The van der Waals surface area contributed by atoms with E-state index in [1.165, 1.54) is 25.7 Å². The number of hydrogen-bond acceptors (Lipinski definition) is 2. The fourth-order valence-electron chi connectivity index (χ4n) is 3.44. The molecule has 3 rings (SSSR count). The Bertz CT molecular complexity index is 418. The second-order valence-corrected chi connectivity index (χ2v) is 5.33. The van der Waals surface area contributed by atoms with Crippen molar-refractivity contribution < 1.29 is 9.21 Å². The molecule has 2 atom stereocenters. The van der Waals surface area contributed by atoms with Crippen molar-refractivity contribution in [1.82, 2.24) is 0 Å². The number of aryl methyl sites for hydroxylation is 2. The Hall–Kier alpha value is -1.05. The van der Waals surface area contributed by atoms with Gasteiger partial charge in [0.1, 0.15) is 11.5 Å². The summed E-state index contributed by atoms with van der Waals surface area (Å²) in [7, 11) is 0. The molecule has 0 radical (unpaired) electrons. The third-order valence-electron chi connectivity index (χ3n) is 4.27. The van der Waals surface area contributed by atoms with E-state index in [1.54, 1.807) is 0 Å². The fraction of sp³-hybridized carbons (Fsp3) is 0.643. The summed E-state index contributed by atoms with van der Waals surface area (Å²) >= 11 is 0. The summed E-state index contributed by atoms with van der Waals surface area (Å²) in [5, 5.41) is 0. The lowest BCUT2D eigenvalue weighted by molar-refractivity contribution is 0.0955. The normalized spacial score (nSPS) is 32.2. The van der Waals surface area contributed by atoms with Crippen LogP contribution in [-0.4, -0.2) is 5.78 Å². The first-order chi connectivity index (χ1) is 7.68. The molecule has 1 heterocycles. The highest BCUT2D eigenvalue weighted by Crippen LogP contribution is 2.56. The van der Waals surface area contributed by atoms with Crippen molar-refractivity contribution in [2.75, 3.05) is 0 Å². The smallest absolute Gasteiger partial charge is 0.170 e. The van der Waals surface area contributed by atoms with Crippen molar-refractivity contribution in [1.29, 1.82) is 0 Å². The molecule has 16 heavy (non-hydrogen) atoms. The zero-order chi connectivity index (χ0) is 11.3. The quantitative estimate of drug-likeness (QED) is 0.711. The van der Waals surface area contributed by atoms with Crippen molar-refractivity contribution in [2.24, 2.45) is 17.8 Å². The molecule has 2 aliphatic rings. The van der Waals surface area contributed by atoms with Crippen LogP contribution < -0.4 is 0 Å². The van der Waals surface area contributed by atoms with Crippen molar-refractivity contribution in [3.05, 3.63) is 23.2 Å². The Kier molecular flexibility index (Phi) is 2.20. The van der Waals surface area contributed by atoms with E-state index in [1.807, 2.05) is 19.9 Å². The zero-order valence-corrected chi connectivity index (χ0v) is 9.95. The van der Waals surface area contributed by atoms with Gasteiger partial charge in [-0.3, -0.25) is 4.79 Å². The van der Waals surface area contributed by atoms with E-state index in [-0.39, 0.29) is 0 Å². The van der Waals surface area contributed by atoms with Gasteiger partial charge in [0.2, 0.25) is 0 Å². The molecular formula is C14H18O2. The van der Waals surface area contributed by atoms with Crippen LogP contribution in [0.3, 0.4) is 0 Å². The van der Waals surface area contributed by atoms with E-state index >= 15 is 0 Å². The van der Waals surface area contributed by atoms with Gasteiger partial charge in [-0.05, 0) is 44.6 Å². The standard InChI is InChI=1S/C14H18O2/c1-8-7-12(9(2)16-8)14(15)13-10-5-3-4-6-11(10)13/h7,10-11,13H,3-6H2,1-2H3. The molecular weight excluding hydrogens is 200 g/mol. The first-order valence-corrected chi connectivity index (χ1v) is 6.29. The average molecular weight is 218 g/mol. The number of Topliss-reactive ketones (excluding diaryl/α,β-unsaturated/α-hetero) is 1. The summed E-state index contributed by atoms with van der Waals surface area (Å²) in [5.41, 5.74) is 0.830. The Morgan fingerprint density at radius 1 is 1.25 bits per heavy atom. The molecule has 86 valence electrons. The summed E-state index contributed by atoms with van der Waals surface area (Å²) in [6, 6.07) is 1.90. The van der Waals surface area contributed by atoms with Crippen LogP contribution in [0.2, 0.25) is 0 Å². The maximum atomic E-state index is 12.3. The van der Waals surface area contributed by atoms with Gasteiger partial charge in [0.05, 0.1) is 5.56 Å². The molecule has 2 aliphatic carbocycles. The lowest BCUT2D eigenvalue weighted by atomic mass is 10.0. The number of furan rings is 1. The van der Waals surface area contributed by atoms with Crippen molar-refractivity contribution in [3.63, 3.8) is 0 Å². The van der Waals surface area contributed by atoms with Crippen LogP contribution in [0.25, 0.3) is 0 Å². The SMILES string of the molecule is Cc1cc(C(=O)C2C3CCCCC32)c(C)o1. The van der Waals surface area contributed by atoms with Gasteiger partial charge in [0.15, 0.2) is 5.78 Å². The molecule has 0 N–H and O–H groups in total. The highest BCUT2D eigenvalue weighted by molar-refractivity contribution is 6.01. The summed E-state index contributed by atoms with van der Waals surface area (Å²) in [6.07, 6.45) is 5.15. The second-order valence-electron chi connectivity index (χ2n) is 5.33. The Labute approximate surface area is 96.0 Å². The number of fused-ring (bicyclic) bond motifs is 1. The maximum Gasteiger partial charge on any atom is 0.170 e. The molecule has 2 heteroatoms. The molecule has 2 saturated carbocycles. The highest BCUT2D eigenvalue weighted by atomic mass is 16.3. The minimum atomic E-state index is 0.318. The second kappa shape index (κ2) is 3.47. The van der Waals surface area contributed by atoms with Crippen LogP contribution in [-0.2, 0) is 0 Å². The third-order valence-corrected chi connectivity index (χ3v) is 4.27. The minimum Gasteiger partial charge on any atom is -0.466 e. The van der Waals surface area contributed by atoms with Crippen LogP contribution >= 0.6 is 0 Å². The average Bonchev–Trinajstić information content (AvgIpc) is 2.89. The first-order valence-electron chi connectivity index (χ1n) is 6.29. The number of carbonyl (C=O) groups excluding carboxylic acids is 1. The molecule has 1 aromatic heterocycles. The molecule has 0 spiro atoms. The summed E-state index contributed by atoms with van der Waals surface area (Å²) in [4.78, 5) is 12.3. The molecule has 0 amide bonds. The number of rotatable bonds is 2. The van der Waals surface area contributed by atoms with E-state index in [0.717, 1.165) is 17.1 Å². The van der Waals surface area contributed by atoms with Crippen LogP contribution in [0.4, 0.5) is 0 Å². The van der Waals surface area contributed by atoms with Gasteiger partial charge in [-0.2, -0.15) is 0 Å². The molecule has 2 unspecified atom stereocenters. The van der Waals surface area contributed by atoms with Gasteiger partial charge < -0.3 is 4.42 Å². The van der Waals surface area contributed by atoms with E-state index in [4.69, 9.17) is 4.42 Å². The molecule has 0 saturated heterocycles. The van der Waals surface area contributed by atoms with Crippen molar-refractivity contribution in [2.45, 2.75) is 39.5 Å². The van der Waals surface area contributed by atoms with Gasteiger partial charge >= 0.3 is 0 Å². The lowest BCUT2D eigenvalue weighted by Gasteiger charge is -2.04. The summed E-state index contributed by atoms with van der Waals surface area (Å²) < 4.78 is 5.45. The molecule has 1 aromatic rings. The lowest BCUT2D eigenvalue weighted by Crippen LogP contribution is -2.04. The number of carbonyl (C=O) groups is 1.